The summed E-state index contributed by atoms with van der Waals surface area (Å²) in [5.74, 6) is 0. The van der Waals surface area contributed by atoms with Crippen molar-refractivity contribution in [1.29, 1.82) is 0 Å². The summed E-state index contributed by atoms with van der Waals surface area (Å²) in [4.78, 5) is 12.3. The van der Waals surface area contributed by atoms with Gasteiger partial charge in [0, 0.05) is 27.5 Å². The number of aryl methyl sites for hydroxylation is 2. The molecule has 0 saturated heterocycles. The van der Waals surface area contributed by atoms with E-state index in [1.807, 2.05) is 13.2 Å². The van der Waals surface area contributed by atoms with Gasteiger partial charge in [0.1, 0.15) is 11.2 Å². The van der Waals surface area contributed by atoms with Crippen LogP contribution in [0, 0.1) is 6.92 Å². The molecule has 0 aliphatic heterocycles. The minimum Gasteiger partial charge on any atom is -0.464 e. The van der Waals surface area contributed by atoms with E-state index < -0.39 is 0 Å². The Balaban J connectivity index is 2.17. The van der Waals surface area contributed by atoms with Crippen LogP contribution >= 0.6 is 0 Å². The van der Waals surface area contributed by atoms with Gasteiger partial charge in [-0.25, -0.2) is 4.79 Å². The molecule has 4 rings (SSSR count). The maximum atomic E-state index is 12.3. The minimum absolute atomic E-state index is 0.0149. The van der Waals surface area contributed by atoms with E-state index in [9.17, 15) is 4.79 Å². The molecule has 1 aromatic carbocycles. The Kier molecular flexibility index (Phi) is 2.99. The van der Waals surface area contributed by atoms with Gasteiger partial charge >= 0.3 is 5.63 Å². The fraction of sp³-hybridized carbons (Fsp3) is 0.450. The highest BCUT2D eigenvalue weighted by Gasteiger charge is 2.25. The predicted molar refractivity (Wildman–Crippen MR) is 92.3 cm³/mol. The average molecular weight is 310 g/mol. The van der Waals surface area contributed by atoms with Gasteiger partial charge in [0.15, 0.2) is 0 Å². The van der Waals surface area contributed by atoms with E-state index in [0.717, 1.165) is 53.2 Å². The average Bonchev–Trinajstić information content (AvgIpc) is 2.93. The SMILES string of the molecule is Cc1c2occ(C(C)(C)C)c2cc2c3c(c(=O)oc12)CCCC3. The first kappa shape index (κ1) is 14.6. The summed E-state index contributed by atoms with van der Waals surface area (Å²) in [5, 5.41) is 2.24. The van der Waals surface area contributed by atoms with E-state index in [1.165, 1.54) is 11.1 Å². The molecule has 3 heteroatoms. The number of hydrogen-bond acceptors (Lipinski definition) is 3. The van der Waals surface area contributed by atoms with E-state index in [2.05, 4.69) is 26.8 Å². The van der Waals surface area contributed by atoms with Crippen LogP contribution in [0.5, 0.6) is 0 Å². The summed E-state index contributed by atoms with van der Waals surface area (Å²) < 4.78 is 11.5. The third kappa shape index (κ3) is 2.06. The Hall–Kier alpha value is -2.03. The lowest BCUT2D eigenvalue weighted by Gasteiger charge is -2.19. The zero-order chi connectivity index (χ0) is 16.4. The molecule has 23 heavy (non-hydrogen) atoms. The molecule has 0 fully saturated rings. The van der Waals surface area contributed by atoms with Crippen molar-refractivity contribution in [2.45, 2.75) is 58.8 Å². The Morgan fingerprint density at radius 2 is 1.70 bits per heavy atom. The van der Waals surface area contributed by atoms with Crippen molar-refractivity contribution in [3.05, 3.63) is 45.0 Å². The van der Waals surface area contributed by atoms with Gasteiger partial charge in [-0.15, -0.1) is 0 Å². The third-order valence-corrected chi connectivity index (χ3v) is 5.09. The molecule has 0 N–H and O–H groups in total. The number of hydrogen-bond donors (Lipinski definition) is 0. The molecule has 2 aromatic heterocycles. The lowest BCUT2D eigenvalue weighted by Crippen LogP contribution is -2.16. The molecule has 3 nitrogen and oxygen atoms in total. The van der Waals surface area contributed by atoms with Gasteiger partial charge in [-0.2, -0.15) is 0 Å². The monoisotopic (exact) mass is 310 g/mol. The van der Waals surface area contributed by atoms with Crippen LogP contribution in [0.4, 0.5) is 0 Å². The zero-order valence-corrected chi connectivity index (χ0v) is 14.2. The molecule has 0 radical (unpaired) electrons. The molecular formula is C20H22O3. The Morgan fingerprint density at radius 3 is 2.39 bits per heavy atom. The van der Waals surface area contributed by atoms with Crippen molar-refractivity contribution in [3.8, 4) is 0 Å². The molecular weight excluding hydrogens is 288 g/mol. The Labute approximate surface area is 135 Å². The van der Waals surface area contributed by atoms with E-state index in [4.69, 9.17) is 8.83 Å². The van der Waals surface area contributed by atoms with Crippen molar-refractivity contribution in [3.63, 3.8) is 0 Å². The van der Waals surface area contributed by atoms with E-state index >= 15 is 0 Å². The van der Waals surface area contributed by atoms with Gasteiger partial charge in [0.05, 0.1) is 6.26 Å². The highest BCUT2D eigenvalue weighted by molar-refractivity contribution is 6.00. The van der Waals surface area contributed by atoms with Crippen LogP contribution in [0.1, 0.15) is 55.9 Å². The first-order valence-corrected chi connectivity index (χ1v) is 8.38. The Bertz CT molecular complexity index is 980. The summed E-state index contributed by atoms with van der Waals surface area (Å²) in [6, 6.07) is 2.18. The molecule has 1 aliphatic carbocycles. The molecule has 3 aromatic rings. The predicted octanol–water partition coefficient (Wildman–Crippen LogP) is 5.02. The first-order chi connectivity index (χ1) is 10.9. The summed E-state index contributed by atoms with van der Waals surface area (Å²) in [5.41, 5.74) is 5.57. The second-order valence-corrected chi connectivity index (χ2v) is 7.71. The minimum atomic E-state index is -0.169. The summed E-state index contributed by atoms with van der Waals surface area (Å²) in [6.45, 7) is 8.56. The van der Waals surface area contributed by atoms with Crippen LogP contribution in [0.25, 0.3) is 21.9 Å². The molecule has 2 heterocycles. The van der Waals surface area contributed by atoms with Crippen molar-refractivity contribution < 1.29 is 8.83 Å². The number of fused-ring (bicyclic) bond motifs is 4. The van der Waals surface area contributed by atoms with Gasteiger partial charge in [-0.05, 0) is 49.7 Å². The first-order valence-electron chi connectivity index (χ1n) is 8.38. The van der Waals surface area contributed by atoms with Crippen LogP contribution in [0.15, 0.2) is 26.0 Å². The van der Waals surface area contributed by atoms with E-state index in [1.54, 1.807) is 0 Å². The Morgan fingerprint density at radius 1 is 1.00 bits per heavy atom. The fourth-order valence-corrected chi connectivity index (χ4v) is 3.83. The standard InChI is InChI=1S/C20H22O3/c1-11-17-15(16(10-22-17)20(2,3)4)9-14-12-7-5-6-8-13(12)19(21)23-18(11)14/h9-10H,5-8H2,1-4H3. The molecule has 0 amide bonds. The normalized spacial score (nSPS) is 15.3. The van der Waals surface area contributed by atoms with Gasteiger partial charge in [-0.3, -0.25) is 0 Å². The summed E-state index contributed by atoms with van der Waals surface area (Å²) in [7, 11) is 0. The van der Waals surface area contributed by atoms with Gasteiger partial charge < -0.3 is 8.83 Å². The van der Waals surface area contributed by atoms with E-state index in [0.29, 0.717) is 5.58 Å². The molecule has 0 saturated carbocycles. The quantitative estimate of drug-likeness (QED) is 0.547. The second-order valence-electron chi connectivity index (χ2n) is 7.71. The zero-order valence-electron chi connectivity index (χ0n) is 14.2. The molecule has 0 unspecified atom stereocenters. The fourth-order valence-electron chi connectivity index (χ4n) is 3.83. The number of benzene rings is 1. The molecule has 0 bridgehead atoms. The highest BCUT2D eigenvalue weighted by atomic mass is 16.4. The number of furan rings is 1. The van der Waals surface area contributed by atoms with Crippen molar-refractivity contribution in [2.75, 3.05) is 0 Å². The lowest BCUT2D eigenvalue weighted by atomic mass is 9.85. The van der Waals surface area contributed by atoms with Crippen LogP contribution in [-0.4, -0.2) is 0 Å². The topological polar surface area (TPSA) is 43.4 Å². The largest absolute Gasteiger partial charge is 0.464 e. The van der Waals surface area contributed by atoms with Gasteiger partial charge in [0.2, 0.25) is 0 Å². The summed E-state index contributed by atoms with van der Waals surface area (Å²) >= 11 is 0. The second kappa shape index (κ2) is 4.73. The lowest BCUT2D eigenvalue weighted by molar-refractivity contribution is 0.530. The molecule has 120 valence electrons. The highest BCUT2D eigenvalue weighted by Crippen LogP contribution is 2.38. The van der Waals surface area contributed by atoms with Crippen molar-refractivity contribution in [1.82, 2.24) is 0 Å². The third-order valence-electron chi connectivity index (χ3n) is 5.09. The van der Waals surface area contributed by atoms with Crippen molar-refractivity contribution >= 4 is 21.9 Å². The smallest absolute Gasteiger partial charge is 0.339 e. The molecule has 0 atom stereocenters. The maximum Gasteiger partial charge on any atom is 0.339 e. The molecule has 0 spiro atoms. The van der Waals surface area contributed by atoms with Crippen LogP contribution < -0.4 is 5.63 Å². The molecule has 1 aliphatic rings. The summed E-state index contributed by atoms with van der Waals surface area (Å²) in [6.07, 6.45) is 5.86. The number of rotatable bonds is 0. The van der Waals surface area contributed by atoms with Gasteiger partial charge in [-0.1, -0.05) is 20.8 Å². The van der Waals surface area contributed by atoms with Crippen LogP contribution in [-0.2, 0) is 18.3 Å². The van der Waals surface area contributed by atoms with Crippen molar-refractivity contribution in [2.24, 2.45) is 0 Å². The van der Waals surface area contributed by atoms with E-state index in [-0.39, 0.29) is 11.0 Å². The van der Waals surface area contributed by atoms with Crippen LogP contribution in [0.3, 0.4) is 0 Å². The van der Waals surface area contributed by atoms with Crippen LogP contribution in [0.2, 0.25) is 0 Å². The van der Waals surface area contributed by atoms with Gasteiger partial charge in [0.25, 0.3) is 0 Å². The maximum absolute atomic E-state index is 12.3.